The molecule has 2 N–H and O–H groups in total. The minimum Gasteiger partial charge on any atom is -0.480 e. The molecule has 17 heavy (non-hydrogen) atoms. The van der Waals surface area contributed by atoms with E-state index in [1.165, 1.54) is 0 Å². The van der Waals surface area contributed by atoms with Gasteiger partial charge in [-0.15, -0.1) is 0 Å². The summed E-state index contributed by atoms with van der Waals surface area (Å²) in [7, 11) is 0. The molecule has 0 aromatic carbocycles. The van der Waals surface area contributed by atoms with Gasteiger partial charge < -0.3 is 19.9 Å². The Labute approximate surface area is 102 Å². The maximum Gasteiger partial charge on any atom is 0.326 e. The van der Waals surface area contributed by atoms with Crippen molar-refractivity contribution in [1.29, 1.82) is 0 Å². The monoisotopic (exact) mass is 245 g/mol. The first-order valence-corrected chi connectivity index (χ1v) is 6.26. The van der Waals surface area contributed by atoms with E-state index in [1.807, 2.05) is 6.92 Å². The number of hydrogen-bond acceptors (Lipinski definition) is 4. The van der Waals surface area contributed by atoms with E-state index in [9.17, 15) is 9.90 Å². The van der Waals surface area contributed by atoms with Crippen molar-refractivity contribution in [3.63, 3.8) is 0 Å². The number of aliphatic carboxylic acids is 1. The third-order valence-corrected chi connectivity index (χ3v) is 3.01. The first kappa shape index (κ1) is 14.4. The van der Waals surface area contributed by atoms with E-state index in [1.54, 1.807) is 6.92 Å². The number of ether oxygens (including phenoxy) is 2. The Hall–Kier alpha value is -0.650. The molecular formula is C12H23NO4. The largest absolute Gasteiger partial charge is 0.480 e. The fraction of sp³-hybridized carbons (Fsp3) is 0.917. The molecule has 100 valence electrons. The number of nitrogens with one attached hydrogen (secondary N) is 1. The minimum absolute atomic E-state index is 0.130. The third kappa shape index (κ3) is 4.61. The highest BCUT2D eigenvalue weighted by molar-refractivity contribution is 5.78. The number of carboxylic acids is 1. The number of rotatable bonds is 7. The topological polar surface area (TPSA) is 67.8 Å². The van der Waals surface area contributed by atoms with Crippen molar-refractivity contribution in [2.24, 2.45) is 0 Å². The fourth-order valence-electron chi connectivity index (χ4n) is 1.72. The second kappa shape index (κ2) is 6.93. The number of carbonyl (C=O) groups is 1. The molecule has 0 aromatic rings. The first-order chi connectivity index (χ1) is 8.08. The summed E-state index contributed by atoms with van der Waals surface area (Å²) in [6.07, 6.45) is 2.73. The fourth-order valence-corrected chi connectivity index (χ4v) is 1.72. The molecule has 1 atom stereocenters. The Kier molecular flexibility index (Phi) is 5.88. The molecule has 0 aromatic heterocycles. The average molecular weight is 245 g/mol. The zero-order chi connectivity index (χ0) is 12.7. The van der Waals surface area contributed by atoms with Crippen LogP contribution in [0, 0.1) is 0 Å². The van der Waals surface area contributed by atoms with Crippen LogP contribution in [-0.2, 0) is 14.3 Å². The molecular weight excluding hydrogens is 222 g/mol. The molecule has 1 saturated heterocycles. The molecule has 0 bridgehead atoms. The van der Waals surface area contributed by atoms with E-state index in [0.29, 0.717) is 19.8 Å². The number of hydrogen-bond donors (Lipinski definition) is 2. The summed E-state index contributed by atoms with van der Waals surface area (Å²) in [6.45, 7) is 5.97. The van der Waals surface area contributed by atoms with Gasteiger partial charge in [0.05, 0.1) is 12.7 Å². The van der Waals surface area contributed by atoms with Crippen molar-refractivity contribution in [3.8, 4) is 0 Å². The van der Waals surface area contributed by atoms with Gasteiger partial charge in [-0.05, 0) is 32.7 Å². The van der Waals surface area contributed by atoms with Gasteiger partial charge in [0.1, 0.15) is 5.54 Å². The molecule has 0 aliphatic carbocycles. The lowest BCUT2D eigenvalue weighted by Crippen LogP contribution is -2.54. The quantitative estimate of drug-likeness (QED) is 0.701. The van der Waals surface area contributed by atoms with Crippen LogP contribution >= 0.6 is 0 Å². The van der Waals surface area contributed by atoms with Crippen LogP contribution in [0.5, 0.6) is 0 Å². The highest BCUT2D eigenvalue weighted by Crippen LogP contribution is 2.14. The molecule has 0 saturated carbocycles. The van der Waals surface area contributed by atoms with E-state index in [-0.39, 0.29) is 12.7 Å². The lowest BCUT2D eigenvalue weighted by atomic mass is 10.0. The van der Waals surface area contributed by atoms with E-state index < -0.39 is 11.5 Å². The van der Waals surface area contributed by atoms with Crippen LogP contribution in [0.2, 0.25) is 0 Å². The van der Waals surface area contributed by atoms with Gasteiger partial charge in [-0.3, -0.25) is 4.79 Å². The summed E-state index contributed by atoms with van der Waals surface area (Å²) in [5.74, 6) is -0.863. The van der Waals surface area contributed by atoms with Crippen LogP contribution in [0.4, 0.5) is 0 Å². The summed E-state index contributed by atoms with van der Waals surface area (Å²) in [4.78, 5) is 11.2. The molecule has 1 aliphatic heterocycles. The predicted molar refractivity (Wildman–Crippen MR) is 64.1 cm³/mol. The van der Waals surface area contributed by atoms with Crippen LogP contribution in [0.3, 0.4) is 0 Å². The second-order valence-electron chi connectivity index (χ2n) is 4.69. The Morgan fingerprint density at radius 2 is 2.18 bits per heavy atom. The lowest BCUT2D eigenvalue weighted by molar-refractivity contribution is -0.149. The smallest absolute Gasteiger partial charge is 0.326 e. The van der Waals surface area contributed by atoms with Crippen LogP contribution in [-0.4, -0.2) is 49.1 Å². The molecule has 1 unspecified atom stereocenters. The SMILES string of the molecule is CCCNC(C)(COC1CCOCC1)C(=O)O. The third-order valence-electron chi connectivity index (χ3n) is 3.01. The Morgan fingerprint density at radius 3 is 2.71 bits per heavy atom. The Morgan fingerprint density at radius 1 is 1.53 bits per heavy atom. The summed E-state index contributed by atoms with van der Waals surface area (Å²) in [6, 6.07) is 0. The van der Waals surface area contributed by atoms with Crippen molar-refractivity contribution in [2.45, 2.75) is 44.8 Å². The van der Waals surface area contributed by atoms with Crippen LogP contribution in [0.15, 0.2) is 0 Å². The summed E-state index contributed by atoms with van der Waals surface area (Å²) < 4.78 is 10.9. The molecule has 0 spiro atoms. The van der Waals surface area contributed by atoms with Gasteiger partial charge >= 0.3 is 5.97 Å². The van der Waals surface area contributed by atoms with Crippen LogP contribution in [0.25, 0.3) is 0 Å². The van der Waals surface area contributed by atoms with Crippen molar-refractivity contribution < 1.29 is 19.4 Å². The minimum atomic E-state index is -0.992. The van der Waals surface area contributed by atoms with Crippen molar-refractivity contribution in [2.75, 3.05) is 26.4 Å². The molecule has 1 aliphatic rings. The van der Waals surface area contributed by atoms with Gasteiger partial charge in [-0.1, -0.05) is 6.92 Å². The molecule has 5 nitrogen and oxygen atoms in total. The van der Waals surface area contributed by atoms with Gasteiger partial charge in [-0.25, -0.2) is 0 Å². The molecule has 1 fully saturated rings. The van der Waals surface area contributed by atoms with Gasteiger partial charge in [-0.2, -0.15) is 0 Å². The molecule has 5 heteroatoms. The standard InChI is InChI=1S/C12H23NO4/c1-3-6-13-12(2,11(14)15)9-17-10-4-7-16-8-5-10/h10,13H,3-9H2,1-2H3,(H,14,15). The highest BCUT2D eigenvalue weighted by Gasteiger charge is 2.33. The van der Waals surface area contributed by atoms with Crippen molar-refractivity contribution in [3.05, 3.63) is 0 Å². The Bertz CT molecular complexity index is 241. The van der Waals surface area contributed by atoms with Gasteiger partial charge in [0.15, 0.2) is 0 Å². The molecule has 1 heterocycles. The highest BCUT2D eigenvalue weighted by atomic mass is 16.5. The maximum absolute atomic E-state index is 11.2. The lowest BCUT2D eigenvalue weighted by Gasteiger charge is -2.30. The van der Waals surface area contributed by atoms with E-state index in [4.69, 9.17) is 9.47 Å². The maximum atomic E-state index is 11.2. The van der Waals surface area contributed by atoms with E-state index in [2.05, 4.69) is 5.32 Å². The van der Waals surface area contributed by atoms with Crippen molar-refractivity contribution >= 4 is 5.97 Å². The van der Waals surface area contributed by atoms with Crippen LogP contribution in [0.1, 0.15) is 33.1 Å². The first-order valence-electron chi connectivity index (χ1n) is 6.26. The zero-order valence-corrected chi connectivity index (χ0v) is 10.7. The van der Waals surface area contributed by atoms with Crippen molar-refractivity contribution in [1.82, 2.24) is 5.32 Å². The summed E-state index contributed by atoms with van der Waals surface area (Å²) in [5.41, 5.74) is -0.992. The van der Waals surface area contributed by atoms with Crippen LogP contribution < -0.4 is 5.32 Å². The van der Waals surface area contributed by atoms with E-state index in [0.717, 1.165) is 19.3 Å². The van der Waals surface area contributed by atoms with Gasteiger partial charge in [0.2, 0.25) is 0 Å². The summed E-state index contributed by atoms with van der Waals surface area (Å²) >= 11 is 0. The predicted octanol–water partition coefficient (Wildman–Crippen LogP) is 1.02. The number of carboxylic acid groups (broad SMARTS) is 1. The average Bonchev–Trinajstić information content (AvgIpc) is 2.35. The Balaban J connectivity index is 2.39. The van der Waals surface area contributed by atoms with E-state index >= 15 is 0 Å². The van der Waals surface area contributed by atoms with Gasteiger partial charge in [0, 0.05) is 13.2 Å². The second-order valence-corrected chi connectivity index (χ2v) is 4.69. The normalized spacial score (nSPS) is 21.1. The summed E-state index contributed by atoms with van der Waals surface area (Å²) in [5, 5.41) is 12.3. The molecule has 0 radical (unpaired) electrons. The molecule has 1 rings (SSSR count). The molecule has 0 amide bonds. The zero-order valence-electron chi connectivity index (χ0n) is 10.7. The van der Waals surface area contributed by atoms with Gasteiger partial charge in [0.25, 0.3) is 0 Å².